The minimum Gasteiger partial charge on any atom is -0.384 e. The minimum atomic E-state index is 0.0359. The first-order valence-electron chi connectivity index (χ1n) is 6.86. The summed E-state index contributed by atoms with van der Waals surface area (Å²) in [4.78, 5) is 16.8. The molecule has 3 rings (SSSR count). The van der Waals surface area contributed by atoms with Crippen LogP contribution in [0.15, 0.2) is 6.07 Å². The Hall–Kier alpha value is -1.42. The zero-order chi connectivity index (χ0) is 13.6. The van der Waals surface area contributed by atoms with Gasteiger partial charge in [-0.1, -0.05) is 13.8 Å². The van der Waals surface area contributed by atoms with Crippen LogP contribution in [-0.2, 0) is 16.7 Å². The second-order valence-corrected chi connectivity index (χ2v) is 6.02. The highest BCUT2D eigenvalue weighted by molar-refractivity contribution is 5.98. The van der Waals surface area contributed by atoms with Crippen LogP contribution >= 0.6 is 0 Å². The third-order valence-electron chi connectivity index (χ3n) is 4.33. The Kier molecular flexibility index (Phi) is 2.86. The van der Waals surface area contributed by atoms with Crippen LogP contribution < -0.4 is 5.32 Å². The van der Waals surface area contributed by atoms with E-state index in [4.69, 9.17) is 9.72 Å². The van der Waals surface area contributed by atoms with Crippen molar-refractivity contribution >= 4 is 5.91 Å². The number of aromatic nitrogens is 1. The van der Waals surface area contributed by atoms with Crippen molar-refractivity contribution in [1.29, 1.82) is 0 Å². The molecule has 0 radical (unpaired) electrons. The molecule has 2 heterocycles. The van der Waals surface area contributed by atoms with Crippen molar-refractivity contribution in [3.8, 4) is 0 Å². The first-order chi connectivity index (χ1) is 9.05. The fraction of sp³-hybridized carbons (Fsp3) is 0.600. The normalized spacial score (nSPS) is 20.9. The highest BCUT2D eigenvalue weighted by Crippen LogP contribution is 2.47. The summed E-state index contributed by atoms with van der Waals surface area (Å²) < 4.78 is 5.24. The predicted octanol–water partition coefficient (Wildman–Crippen LogP) is 2.13. The van der Waals surface area contributed by atoms with Gasteiger partial charge in [-0.2, -0.15) is 0 Å². The molecule has 4 nitrogen and oxygen atoms in total. The first kappa shape index (κ1) is 12.6. The molecule has 0 saturated heterocycles. The summed E-state index contributed by atoms with van der Waals surface area (Å²) in [6, 6.07) is 1.99. The number of pyridine rings is 1. The van der Waals surface area contributed by atoms with Gasteiger partial charge in [0.1, 0.15) is 0 Å². The Morgan fingerprint density at radius 2 is 2.26 bits per heavy atom. The Morgan fingerprint density at radius 3 is 2.89 bits per heavy atom. The zero-order valence-corrected chi connectivity index (χ0v) is 11.7. The smallest absolute Gasteiger partial charge is 0.252 e. The second kappa shape index (κ2) is 4.30. The molecule has 0 spiro atoms. The van der Waals surface area contributed by atoms with Crippen molar-refractivity contribution < 1.29 is 9.53 Å². The summed E-state index contributed by atoms with van der Waals surface area (Å²) in [6.07, 6.45) is 2.33. The number of nitrogens with one attached hydrogen (secondary N) is 1. The van der Waals surface area contributed by atoms with E-state index < -0.39 is 0 Å². The average Bonchev–Trinajstić information content (AvgIpc) is 3.04. The van der Waals surface area contributed by atoms with Gasteiger partial charge in [0.05, 0.1) is 12.3 Å². The van der Waals surface area contributed by atoms with Gasteiger partial charge >= 0.3 is 0 Å². The van der Waals surface area contributed by atoms with Crippen LogP contribution in [0.4, 0.5) is 0 Å². The topological polar surface area (TPSA) is 51.2 Å². The van der Waals surface area contributed by atoms with E-state index in [1.807, 2.05) is 6.07 Å². The van der Waals surface area contributed by atoms with Crippen LogP contribution in [0, 0.1) is 0 Å². The molecule has 1 amide bonds. The number of carbonyl (C=O) groups excluding carboxylic acids is 1. The quantitative estimate of drug-likeness (QED) is 0.902. The largest absolute Gasteiger partial charge is 0.384 e. The molecule has 0 bridgehead atoms. The maximum Gasteiger partial charge on any atom is 0.252 e. The summed E-state index contributed by atoms with van der Waals surface area (Å²) in [5.41, 5.74) is 4.15. The number of hydrogen-bond acceptors (Lipinski definition) is 3. The van der Waals surface area contributed by atoms with Crippen molar-refractivity contribution in [3.05, 3.63) is 28.6 Å². The van der Waals surface area contributed by atoms with E-state index in [0.29, 0.717) is 13.2 Å². The number of amides is 1. The van der Waals surface area contributed by atoms with Gasteiger partial charge in [0.15, 0.2) is 0 Å². The highest BCUT2D eigenvalue weighted by atomic mass is 16.5. The molecule has 1 aromatic rings. The van der Waals surface area contributed by atoms with Gasteiger partial charge in [-0.3, -0.25) is 9.78 Å². The van der Waals surface area contributed by atoms with Crippen molar-refractivity contribution in [2.45, 2.75) is 44.6 Å². The molecule has 19 heavy (non-hydrogen) atoms. The molecule has 0 aromatic carbocycles. The monoisotopic (exact) mass is 260 g/mol. The summed E-state index contributed by atoms with van der Waals surface area (Å²) in [5.74, 6) is 0.252. The molecule has 1 atom stereocenters. The fourth-order valence-corrected chi connectivity index (χ4v) is 2.73. The molecule has 1 saturated carbocycles. The number of rotatable bonds is 4. The SMILES string of the molecule is COC[C@@H](C)c1nc(C2(C)CC2)cc2c1CNC2=O. The number of carbonyl (C=O) groups is 1. The number of ether oxygens (including phenoxy) is 1. The first-order valence-corrected chi connectivity index (χ1v) is 6.86. The van der Waals surface area contributed by atoms with Gasteiger partial charge in [0.2, 0.25) is 0 Å². The van der Waals surface area contributed by atoms with Gasteiger partial charge < -0.3 is 10.1 Å². The molecular formula is C15H20N2O2. The Labute approximate surface area is 113 Å². The lowest BCUT2D eigenvalue weighted by molar-refractivity contribution is 0.0965. The van der Waals surface area contributed by atoms with E-state index in [1.54, 1.807) is 7.11 Å². The van der Waals surface area contributed by atoms with Crippen LogP contribution in [-0.4, -0.2) is 24.6 Å². The van der Waals surface area contributed by atoms with E-state index in [2.05, 4.69) is 19.2 Å². The second-order valence-electron chi connectivity index (χ2n) is 6.02. The molecule has 2 aliphatic rings. The standard InChI is InChI=1S/C15H20N2O2/c1-9(8-19-3)13-11-7-16-14(18)10(11)6-12(17-13)15(2)4-5-15/h6,9H,4-5,7-8H2,1-3H3,(H,16,18)/t9-/m1/s1. The molecule has 0 unspecified atom stereocenters. The van der Waals surface area contributed by atoms with Crippen molar-refractivity contribution in [3.63, 3.8) is 0 Å². The fourth-order valence-electron chi connectivity index (χ4n) is 2.73. The molecule has 102 valence electrons. The van der Waals surface area contributed by atoms with E-state index in [1.165, 1.54) is 12.8 Å². The van der Waals surface area contributed by atoms with Crippen LogP contribution in [0.3, 0.4) is 0 Å². The maximum atomic E-state index is 11.9. The molecule has 1 fully saturated rings. The maximum absolute atomic E-state index is 11.9. The molecule has 1 N–H and O–H groups in total. The number of hydrogen-bond donors (Lipinski definition) is 1. The highest BCUT2D eigenvalue weighted by Gasteiger charge is 2.42. The molecule has 1 aliphatic carbocycles. The van der Waals surface area contributed by atoms with Crippen molar-refractivity contribution in [1.82, 2.24) is 10.3 Å². The van der Waals surface area contributed by atoms with Gasteiger partial charge in [0, 0.05) is 41.8 Å². The lowest BCUT2D eigenvalue weighted by Gasteiger charge is -2.17. The molecule has 4 heteroatoms. The average molecular weight is 260 g/mol. The van der Waals surface area contributed by atoms with Crippen LogP contribution in [0.25, 0.3) is 0 Å². The molecular weight excluding hydrogens is 240 g/mol. The number of nitrogens with zero attached hydrogens (tertiary/aromatic N) is 1. The number of fused-ring (bicyclic) bond motifs is 1. The van der Waals surface area contributed by atoms with E-state index >= 15 is 0 Å². The summed E-state index contributed by atoms with van der Waals surface area (Å²) >= 11 is 0. The van der Waals surface area contributed by atoms with Gasteiger partial charge in [-0.15, -0.1) is 0 Å². The lowest BCUT2D eigenvalue weighted by atomic mass is 9.95. The van der Waals surface area contributed by atoms with Gasteiger partial charge in [0.25, 0.3) is 5.91 Å². The minimum absolute atomic E-state index is 0.0359. The third-order valence-corrected chi connectivity index (χ3v) is 4.33. The van der Waals surface area contributed by atoms with Crippen molar-refractivity contribution in [2.75, 3.05) is 13.7 Å². The van der Waals surface area contributed by atoms with Crippen LogP contribution in [0.2, 0.25) is 0 Å². The van der Waals surface area contributed by atoms with Gasteiger partial charge in [-0.05, 0) is 18.9 Å². The van der Waals surface area contributed by atoms with E-state index in [9.17, 15) is 4.79 Å². The number of methoxy groups -OCH3 is 1. The Bertz CT molecular complexity index is 535. The Morgan fingerprint density at radius 1 is 1.53 bits per heavy atom. The summed E-state index contributed by atoms with van der Waals surface area (Å²) in [6.45, 7) is 5.56. The van der Waals surface area contributed by atoms with Crippen LogP contribution in [0.1, 0.15) is 59.9 Å². The van der Waals surface area contributed by atoms with Crippen LogP contribution in [0.5, 0.6) is 0 Å². The van der Waals surface area contributed by atoms with Gasteiger partial charge in [-0.25, -0.2) is 0 Å². The summed E-state index contributed by atoms with van der Waals surface area (Å²) in [5, 5.41) is 2.90. The lowest BCUT2D eigenvalue weighted by Crippen LogP contribution is -2.14. The summed E-state index contributed by atoms with van der Waals surface area (Å²) in [7, 11) is 1.70. The van der Waals surface area contributed by atoms with E-state index in [0.717, 1.165) is 22.5 Å². The molecule has 1 aliphatic heterocycles. The molecule has 1 aromatic heterocycles. The zero-order valence-electron chi connectivity index (χ0n) is 11.7. The van der Waals surface area contributed by atoms with Crippen molar-refractivity contribution in [2.24, 2.45) is 0 Å². The van der Waals surface area contributed by atoms with E-state index in [-0.39, 0.29) is 17.2 Å². The third kappa shape index (κ3) is 2.04. The predicted molar refractivity (Wildman–Crippen MR) is 72.3 cm³/mol. The Balaban J connectivity index is 2.09.